The lowest BCUT2D eigenvalue weighted by Gasteiger charge is -2.20. The average molecular weight is 319 g/mol. The van der Waals surface area contributed by atoms with E-state index in [1.807, 2.05) is 6.07 Å². The molecule has 0 spiro atoms. The van der Waals surface area contributed by atoms with Crippen molar-refractivity contribution in [2.45, 2.75) is 0 Å². The Morgan fingerprint density at radius 2 is 2.05 bits per heavy atom. The number of anilines is 2. The second kappa shape index (κ2) is 5.73. The molecule has 0 radical (unpaired) electrons. The van der Waals surface area contributed by atoms with Gasteiger partial charge < -0.3 is 9.64 Å². The summed E-state index contributed by atoms with van der Waals surface area (Å²) in [5.74, 6) is 0.284. The molecule has 3 rings (SSSR count). The van der Waals surface area contributed by atoms with Gasteiger partial charge in [-0.15, -0.1) is 0 Å². The lowest BCUT2D eigenvalue weighted by atomic mass is 10.2. The summed E-state index contributed by atoms with van der Waals surface area (Å²) in [5.41, 5.74) is 1.09. The molecule has 0 aliphatic rings. The zero-order valence-corrected chi connectivity index (χ0v) is 12.7. The number of aromatic nitrogens is 3. The predicted octanol–water partition coefficient (Wildman–Crippen LogP) is 3.59. The Morgan fingerprint density at radius 3 is 2.77 bits per heavy atom. The van der Waals surface area contributed by atoms with E-state index in [0.717, 1.165) is 5.39 Å². The summed E-state index contributed by atoms with van der Waals surface area (Å²) in [7, 11) is 3.19. The van der Waals surface area contributed by atoms with Gasteiger partial charge in [0.2, 0.25) is 5.28 Å². The van der Waals surface area contributed by atoms with Crippen molar-refractivity contribution in [2.24, 2.45) is 0 Å². The van der Waals surface area contributed by atoms with Crippen molar-refractivity contribution in [3.63, 3.8) is 0 Å². The van der Waals surface area contributed by atoms with Gasteiger partial charge in [0.25, 0.3) is 0 Å². The molecule has 0 N–H and O–H groups in total. The van der Waals surface area contributed by atoms with Gasteiger partial charge in [-0.05, 0) is 35.9 Å². The molecule has 0 bridgehead atoms. The molecule has 7 heteroatoms. The summed E-state index contributed by atoms with van der Waals surface area (Å²) >= 11 is 5.95. The molecule has 3 aromatic rings. The van der Waals surface area contributed by atoms with Crippen LogP contribution < -0.4 is 9.64 Å². The fourth-order valence-electron chi connectivity index (χ4n) is 2.16. The Kier molecular flexibility index (Phi) is 3.77. The Hall–Kier alpha value is -2.47. The van der Waals surface area contributed by atoms with Crippen LogP contribution in [0.5, 0.6) is 5.75 Å². The summed E-state index contributed by atoms with van der Waals surface area (Å²) < 4.78 is 18.8. The second-order valence-corrected chi connectivity index (χ2v) is 4.91. The average Bonchev–Trinajstić information content (AvgIpc) is 2.53. The zero-order chi connectivity index (χ0) is 15.7. The number of halogens is 2. The number of methoxy groups -OCH3 is 1. The monoisotopic (exact) mass is 318 g/mol. The molecule has 1 aromatic carbocycles. The maximum absolute atomic E-state index is 13.9. The molecule has 0 fully saturated rings. The molecule has 0 aliphatic heterocycles. The Labute approximate surface area is 131 Å². The van der Waals surface area contributed by atoms with Crippen LogP contribution in [-0.2, 0) is 0 Å². The van der Waals surface area contributed by atoms with Gasteiger partial charge in [0.15, 0.2) is 17.2 Å². The molecule has 2 heterocycles. The van der Waals surface area contributed by atoms with Crippen LogP contribution in [0, 0.1) is 5.82 Å². The number of rotatable bonds is 3. The summed E-state index contributed by atoms with van der Waals surface area (Å²) in [6.45, 7) is 0. The highest BCUT2D eigenvalue weighted by molar-refractivity contribution is 6.28. The fraction of sp³-hybridized carbons (Fsp3) is 0.133. The molecule has 0 aliphatic carbocycles. The quantitative estimate of drug-likeness (QED) is 0.691. The number of ether oxygens (including phenoxy) is 1. The maximum Gasteiger partial charge on any atom is 0.226 e. The van der Waals surface area contributed by atoms with E-state index in [-0.39, 0.29) is 11.0 Å². The van der Waals surface area contributed by atoms with Gasteiger partial charge in [-0.2, -0.15) is 9.97 Å². The SMILES string of the molecule is COc1ccc(N(C)c2nc(Cl)nc3ncccc23)cc1F. The minimum absolute atomic E-state index is 0.0852. The number of benzene rings is 1. The van der Waals surface area contributed by atoms with Crippen molar-refractivity contribution in [3.8, 4) is 5.75 Å². The van der Waals surface area contributed by atoms with Crippen molar-refractivity contribution in [3.05, 3.63) is 47.6 Å². The number of pyridine rings is 1. The van der Waals surface area contributed by atoms with Crippen LogP contribution in [-0.4, -0.2) is 29.1 Å². The van der Waals surface area contributed by atoms with Crippen molar-refractivity contribution >= 4 is 34.1 Å². The highest BCUT2D eigenvalue weighted by Gasteiger charge is 2.14. The van der Waals surface area contributed by atoms with Gasteiger partial charge in [-0.1, -0.05) is 0 Å². The van der Waals surface area contributed by atoms with E-state index < -0.39 is 5.82 Å². The standard InChI is InChI=1S/C15H12ClFN4O/c1-21(9-5-6-12(22-2)11(17)8-9)14-10-4-3-7-18-13(10)19-15(16)20-14/h3-8H,1-2H3. The summed E-state index contributed by atoms with van der Waals surface area (Å²) in [6.07, 6.45) is 1.63. The van der Waals surface area contributed by atoms with E-state index in [0.29, 0.717) is 17.2 Å². The van der Waals surface area contributed by atoms with Gasteiger partial charge in [-0.25, -0.2) is 9.37 Å². The first-order valence-corrected chi connectivity index (χ1v) is 6.83. The smallest absolute Gasteiger partial charge is 0.226 e. The number of fused-ring (bicyclic) bond motifs is 1. The van der Waals surface area contributed by atoms with Crippen molar-refractivity contribution in [2.75, 3.05) is 19.1 Å². The third-order valence-corrected chi connectivity index (χ3v) is 3.43. The molecule has 112 valence electrons. The largest absolute Gasteiger partial charge is 0.494 e. The highest BCUT2D eigenvalue weighted by Crippen LogP contribution is 2.31. The molecule has 5 nitrogen and oxygen atoms in total. The lowest BCUT2D eigenvalue weighted by molar-refractivity contribution is 0.386. The topological polar surface area (TPSA) is 51.1 Å². The van der Waals surface area contributed by atoms with E-state index in [9.17, 15) is 4.39 Å². The lowest BCUT2D eigenvalue weighted by Crippen LogP contribution is -2.13. The first-order chi connectivity index (χ1) is 10.6. The Bertz CT molecular complexity index is 843. The van der Waals surface area contributed by atoms with Crippen LogP contribution in [0.25, 0.3) is 11.0 Å². The van der Waals surface area contributed by atoms with Crippen molar-refractivity contribution in [1.29, 1.82) is 0 Å². The molecule has 22 heavy (non-hydrogen) atoms. The first kappa shape index (κ1) is 14.5. The van der Waals surface area contributed by atoms with Gasteiger partial charge >= 0.3 is 0 Å². The molecule has 0 atom stereocenters. The molecule has 0 saturated carbocycles. The van der Waals surface area contributed by atoms with E-state index >= 15 is 0 Å². The van der Waals surface area contributed by atoms with Gasteiger partial charge in [0.1, 0.15) is 5.82 Å². The first-order valence-electron chi connectivity index (χ1n) is 6.45. The third kappa shape index (κ3) is 2.53. The van der Waals surface area contributed by atoms with E-state index in [4.69, 9.17) is 16.3 Å². The van der Waals surface area contributed by atoms with Crippen LogP contribution in [0.2, 0.25) is 5.28 Å². The summed E-state index contributed by atoms with van der Waals surface area (Å²) in [4.78, 5) is 14.2. The van der Waals surface area contributed by atoms with Crippen LogP contribution in [0.1, 0.15) is 0 Å². The molecule has 0 amide bonds. The van der Waals surface area contributed by atoms with E-state index in [1.54, 1.807) is 36.3 Å². The van der Waals surface area contributed by atoms with Crippen LogP contribution >= 0.6 is 11.6 Å². The fourth-order valence-corrected chi connectivity index (χ4v) is 2.32. The van der Waals surface area contributed by atoms with Crippen LogP contribution in [0.3, 0.4) is 0 Å². The highest BCUT2D eigenvalue weighted by atomic mass is 35.5. The predicted molar refractivity (Wildman–Crippen MR) is 83.4 cm³/mol. The molecular formula is C15H12ClFN4O. The minimum atomic E-state index is -0.450. The van der Waals surface area contributed by atoms with Crippen molar-refractivity contribution in [1.82, 2.24) is 15.0 Å². The normalized spacial score (nSPS) is 10.7. The van der Waals surface area contributed by atoms with Gasteiger partial charge in [0.05, 0.1) is 12.5 Å². The van der Waals surface area contributed by atoms with Gasteiger partial charge in [0, 0.05) is 25.0 Å². The summed E-state index contributed by atoms with van der Waals surface area (Å²) in [5, 5.41) is 0.813. The minimum Gasteiger partial charge on any atom is -0.494 e. The number of hydrogen-bond donors (Lipinski definition) is 0. The van der Waals surface area contributed by atoms with Crippen LogP contribution in [0.4, 0.5) is 15.9 Å². The Morgan fingerprint density at radius 1 is 1.23 bits per heavy atom. The zero-order valence-electron chi connectivity index (χ0n) is 11.9. The third-order valence-electron chi connectivity index (χ3n) is 3.26. The number of hydrogen-bond acceptors (Lipinski definition) is 5. The second-order valence-electron chi connectivity index (χ2n) is 4.57. The maximum atomic E-state index is 13.9. The van der Waals surface area contributed by atoms with E-state index in [2.05, 4.69) is 15.0 Å². The molecule has 2 aromatic heterocycles. The number of nitrogens with zero attached hydrogens (tertiary/aromatic N) is 4. The Balaban J connectivity index is 2.12. The van der Waals surface area contributed by atoms with Crippen molar-refractivity contribution < 1.29 is 9.13 Å². The molecule has 0 saturated heterocycles. The van der Waals surface area contributed by atoms with E-state index in [1.165, 1.54) is 13.2 Å². The van der Waals surface area contributed by atoms with Crippen LogP contribution in [0.15, 0.2) is 36.5 Å². The van der Waals surface area contributed by atoms with Gasteiger partial charge in [-0.3, -0.25) is 0 Å². The molecule has 0 unspecified atom stereocenters. The summed E-state index contributed by atoms with van der Waals surface area (Å²) in [6, 6.07) is 8.29. The molecular weight excluding hydrogens is 307 g/mol.